The number of aliphatic imine (C=N–C) groups is 1. The molecule has 1 aliphatic heterocycles. The number of carbonyl (C=O) groups excluding carboxylic acids is 2. The number of anilines is 1. The largest absolute Gasteiger partial charge is 0.295 e. The monoisotopic (exact) mass is 366 g/mol. The third-order valence-electron chi connectivity index (χ3n) is 4.38. The van der Waals surface area contributed by atoms with Crippen molar-refractivity contribution in [3.8, 4) is 0 Å². The maximum absolute atomic E-state index is 13.2. The molecule has 4 nitrogen and oxygen atoms in total. The van der Waals surface area contributed by atoms with Gasteiger partial charge in [-0.05, 0) is 56.7 Å². The Hall–Kier alpha value is -2.40. The van der Waals surface area contributed by atoms with Crippen LogP contribution in [0, 0.1) is 6.92 Å². The molecule has 0 unspecified atom stereocenters. The zero-order chi connectivity index (χ0) is 18.7. The van der Waals surface area contributed by atoms with Crippen molar-refractivity contribution >= 4 is 34.3 Å². The fourth-order valence-corrected chi connectivity index (χ4v) is 3.78. The van der Waals surface area contributed by atoms with Crippen LogP contribution in [-0.2, 0) is 0 Å². The Kier molecular flexibility index (Phi) is 5.57. The number of ketones is 1. The lowest BCUT2D eigenvalue weighted by atomic mass is 10.1. The molecular formula is C21H22N2O2S. The summed E-state index contributed by atoms with van der Waals surface area (Å²) in [7, 11) is 0. The van der Waals surface area contributed by atoms with E-state index >= 15 is 0 Å². The van der Waals surface area contributed by atoms with Gasteiger partial charge in [-0.3, -0.25) is 19.5 Å². The van der Waals surface area contributed by atoms with Crippen LogP contribution in [0.4, 0.5) is 5.69 Å². The van der Waals surface area contributed by atoms with Crippen molar-refractivity contribution in [2.24, 2.45) is 4.99 Å². The van der Waals surface area contributed by atoms with E-state index in [2.05, 4.69) is 11.9 Å². The highest BCUT2D eigenvalue weighted by Gasteiger charge is 2.29. The fraction of sp³-hybridized carbons (Fsp3) is 0.286. The summed E-state index contributed by atoms with van der Waals surface area (Å²) in [5, 5.41) is 1.12. The van der Waals surface area contributed by atoms with Crippen LogP contribution in [0.2, 0.25) is 0 Å². The van der Waals surface area contributed by atoms with Crippen LogP contribution in [0.5, 0.6) is 0 Å². The van der Waals surface area contributed by atoms with Crippen LogP contribution in [0.3, 0.4) is 0 Å². The number of rotatable bonds is 4. The predicted molar refractivity (Wildman–Crippen MR) is 108 cm³/mol. The van der Waals surface area contributed by atoms with E-state index in [1.54, 1.807) is 28.8 Å². The zero-order valence-electron chi connectivity index (χ0n) is 15.2. The van der Waals surface area contributed by atoms with E-state index in [0.717, 1.165) is 29.4 Å². The van der Waals surface area contributed by atoms with Crippen molar-refractivity contribution in [1.29, 1.82) is 0 Å². The summed E-state index contributed by atoms with van der Waals surface area (Å²) >= 11 is 1.64. The Labute approximate surface area is 158 Å². The highest BCUT2D eigenvalue weighted by atomic mass is 32.2. The molecular weight excluding hydrogens is 344 g/mol. The summed E-state index contributed by atoms with van der Waals surface area (Å²) < 4.78 is 0. The Morgan fingerprint density at radius 2 is 1.69 bits per heavy atom. The van der Waals surface area contributed by atoms with Crippen molar-refractivity contribution in [3.63, 3.8) is 0 Å². The normalized spacial score (nSPS) is 16.3. The molecule has 0 radical (unpaired) electrons. The van der Waals surface area contributed by atoms with Crippen LogP contribution < -0.4 is 4.90 Å². The molecule has 1 heterocycles. The standard InChI is InChI=1S/C21H22N2O2S/c1-4-19-13-22-21(26-19)23(18-11-9-16(10-12-18)15(3)24)20(25)17-7-5-14(2)6-8-17/h5-12,19H,4,13H2,1-3H3/t19-/m1/s1. The second-order valence-electron chi connectivity index (χ2n) is 6.38. The van der Waals surface area contributed by atoms with E-state index in [-0.39, 0.29) is 11.7 Å². The minimum Gasteiger partial charge on any atom is -0.295 e. The predicted octanol–water partition coefficient (Wildman–Crippen LogP) is 4.73. The molecule has 5 heteroatoms. The lowest BCUT2D eigenvalue weighted by molar-refractivity contribution is 0.0999. The first kappa shape index (κ1) is 18.4. The van der Waals surface area contributed by atoms with Gasteiger partial charge in [0.05, 0.1) is 12.2 Å². The summed E-state index contributed by atoms with van der Waals surface area (Å²) in [6, 6.07) is 14.7. The molecule has 1 aliphatic rings. The lowest BCUT2D eigenvalue weighted by Gasteiger charge is -2.23. The molecule has 0 saturated heterocycles. The van der Waals surface area contributed by atoms with E-state index in [1.807, 2.05) is 43.3 Å². The maximum atomic E-state index is 13.2. The number of Topliss-reactive ketones (excluding diaryl/α,β-unsaturated/α-hetero) is 1. The quantitative estimate of drug-likeness (QED) is 0.735. The number of hydrogen-bond acceptors (Lipinski definition) is 4. The van der Waals surface area contributed by atoms with Gasteiger partial charge in [0, 0.05) is 16.4 Å². The average Bonchev–Trinajstić information content (AvgIpc) is 3.11. The van der Waals surface area contributed by atoms with Crippen LogP contribution in [-0.4, -0.2) is 28.7 Å². The Morgan fingerprint density at radius 1 is 1.08 bits per heavy atom. The molecule has 2 aromatic carbocycles. The van der Waals surface area contributed by atoms with Gasteiger partial charge in [0.1, 0.15) is 0 Å². The van der Waals surface area contributed by atoms with Crippen LogP contribution >= 0.6 is 11.8 Å². The summed E-state index contributed by atoms with van der Waals surface area (Å²) in [4.78, 5) is 31.0. The SMILES string of the molecule is CC[C@@H]1CN=C(N(C(=O)c2ccc(C)cc2)c2ccc(C(C)=O)cc2)S1. The molecule has 1 atom stereocenters. The molecule has 134 valence electrons. The molecule has 1 amide bonds. The zero-order valence-corrected chi connectivity index (χ0v) is 16.0. The van der Waals surface area contributed by atoms with Gasteiger partial charge in [-0.25, -0.2) is 0 Å². The highest BCUT2D eigenvalue weighted by Crippen LogP contribution is 2.30. The topological polar surface area (TPSA) is 49.7 Å². The molecule has 2 aromatic rings. The number of hydrogen-bond donors (Lipinski definition) is 0. The molecule has 0 bridgehead atoms. The van der Waals surface area contributed by atoms with Crippen molar-refractivity contribution in [2.45, 2.75) is 32.4 Å². The summed E-state index contributed by atoms with van der Waals surface area (Å²) in [6.45, 7) is 6.38. The van der Waals surface area contributed by atoms with Crippen molar-refractivity contribution in [2.75, 3.05) is 11.4 Å². The van der Waals surface area contributed by atoms with Crippen molar-refractivity contribution < 1.29 is 9.59 Å². The van der Waals surface area contributed by atoms with Crippen molar-refractivity contribution in [1.82, 2.24) is 0 Å². The van der Waals surface area contributed by atoms with Gasteiger partial charge in [-0.1, -0.05) is 36.4 Å². The number of nitrogens with zero attached hydrogens (tertiary/aromatic N) is 2. The first-order chi connectivity index (χ1) is 12.5. The molecule has 0 aromatic heterocycles. The van der Waals surface area contributed by atoms with Crippen LogP contribution in [0.25, 0.3) is 0 Å². The van der Waals surface area contributed by atoms with Gasteiger partial charge < -0.3 is 0 Å². The minimum atomic E-state index is -0.108. The number of benzene rings is 2. The minimum absolute atomic E-state index is 0.00610. The molecule has 3 rings (SSSR count). The summed E-state index contributed by atoms with van der Waals surface area (Å²) in [6.07, 6.45) is 1.01. The van der Waals surface area contributed by atoms with E-state index in [4.69, 9.17) is 0 Å². The Morgan fingerprint density at radius 3 is 2.23 bits per heavy atom. The number of carbonyl (C=O) groups is 2. The first-order valence-electron chi connectivity index (χ1n) is 8.73. The maximum Gasteiger partial charge on any atom is 0.264 e. The molecule has 0 N–H and O–H groups in total. The number of aryl methyl sites for hydroxylation is 1. The second-order valence-corrected chi connectivity index (χ2v) is 7.65. The first-order valence-corrected chi connectivity index (χ1v) is 9.60. The molecule has 0 spiro atoms. The van der Waals surface area contributed by atoms with E-state index in [1.165, 1.54) is 6.92 Å². The molecule has 26 heavy (non-hydrogen) atoms. The highest BCUT2D eigenvalue weighted by molar-refractivity contribution is 8.15. The summed E-state index contributed by atoms with van der Waals surface area (Å²) in [5.41, 5.74) is 3.08. The van der Waals surface area contributed by atoms with Crippen LogP contribution in [0.1, 0.15) is 46.5 Å². The fourth-order valence-electron chi connectivity index (χ4n) is 2.72. The van der Waals surface area contributed by atoms with E-state index < -0.39 is 0 Å². The van der Waals surface area contributed by atoms with Gasteiger partial charge in [-0.15, -0.1) is 0 Å². The summed E-state index contributed by atoms with van der Waals surface area (Å²) in [5.74, 6) is -0.102. The van der Waals surface area contributed by atoms with Gasteiger partial charge in [0.25, 0.3) is 5.91 Å². The van der Waals surface area contributed by atoms with Gasteiger partial charge in [0.15, 0.2) is 11.0 Å². The third kappa shape index (κ3) is 3.88. The second kappa shape index (κ2) is 7.87. The third-order valence-corrected chi connectivity index (χ3v) is 5.72. The van der Waals surface area contributed by atoms with Gasteiger partial charge in [0.2, 0.25) is 0 Å². The number of amides is 1. The van der Waals surface area contributed by atoms with E-state index in [0.29, 0.717) is 16.4 Å². The average molecular weight is 366 g/mol. The molecule has 0 fully saturated rings. The number of amidine groups is 1. The van der Waals surface area contributed by atoms with Gasteiger partial charge in [-0.2, -0.15) is 0 Å². The molecule has 0 aliphatic carbocycles. The van der Waals surface area contributed by atoms with Crippen LogP contribution in [0.15, 0.2) is 53.5 Å². The number of thioether (sulfide) groups is 1. The van der Waals surface area contributed by atoms with Crippen molar-refractivity contribution in [3.05, 3.63) is 65.2 Å². The molecule has 0 saturated carbocycles. The smallest absolute Gasteiger partial charge is 0.264 e. The Bertz CT molecular complexity index is 841. The lowest BCUT2D eigenvalue weighted by Crippen LogP contribution is -2.35. The van der Waals surface area contributed by atoms with Gasteiger partial charge >= 0.3 is 0 Å². The van der Waals surface area contributed by atoms with E-state index in [9.17, 15) is 9.59 Å². The Balaban J connectivity index is 1.97.